The number of unbranched alkanes of at least 4 members (excludes halogenated alkanes) is 4. The number of hydrogen-bond donors (Lipinski definition) is 0. The zero-order valence-corrected chi connectivity index (χ0v) is 8.96. The van der Waals surface area contributed by atoms with Crippen molar-refractivity contribution in [2.75, 3.05) is 13.2 Å². The van der Waals surface area contributed by atoms with Gasteiger partial charge in [0.2, 0.25) is 0 Å². The van der Waals surface area contributed by atoms with E-state index in [2.05, 4.69) is 6.92 Å². The largest absolute Gasteiger partial charge is 0.463 e. The van der Waals surface area contributed by atoms with Crippen molar-refractivity contribution in [1.29, 1.82) is 0 Å². The highest BCUT2D eigenvalue weighted by molar-refractivity contribution is 5.69. The van der Waals surface area contributed by atoms with Crippen LogP contribution in [0.2, 0.25) is 0 Å². The minimum atomic E-state index is -0.0722. The summed E-state index contributed by atoms with van der Waals surface area (Å²) >= 11 is 0. The number of rotatable bonds is 8. The number of esters is 1. The fourth-order valence-corrected chi connectivity index (χ4v) is 1.30. The molecule has 82 valence electrons. The molecule has 0 radical (unpaired) electrons. The highest BCUT2D eigenvalue weighted by Gasteiger charge is 2.23. The van der Waals surface area contributed by atoms with E-state index in [4.69, 9.17) is 9.47 Å². The summed E-state index contributed by atoms with van der Waals surface area (Å²) in [5.74, 6) is -0.0722. The standard InChI is InChI=1S/C11H20O3/c1-2-3-4-5-6-7-11(12)14-9-10-8-13-10/h10H,2-9H2,1H3/t10-/m0/s1. The maximum absolute atomic E-state index is 11.1. The molecule has 0 aromatic rings. The summed E-state index contributed by atoms with van der Waals surface area (Å²) in [6.07, 6.45) is 6.60. The van der Waals surface area contributed by atoms with Crippen LogP contribution in [0.3, 0.4) is 0 Å². The summed E-state index contributed by atoms with van der Waals surface area (Å²) in [4.78, 5) is 11.1. The molecule has 14 heavy (non-hydrogen) atoms. The SMILES string of the molecule is CCCCCCCC(=O)OC[C@@H]1CO1. The lowest BCUT2D eigenvalue weighted by atomic mass is 10.1. The van der Waals surface area contributed by atoms with Crippen LogP contribution in [0.5, 0.6) is 0 Å². The molecule has 0 aromatic carbocycles. The van der Waals surface area contributed by atoms with Gasteiger partial charge in [-0.2, -0.15) is 0 Å². The second kappa shape index (κ2) is 6.82. The zero-order chi connectivity index (χ0) is 10.2. The lowest BCUT2D eigenvalue weighted by Gasteiger charge is -2.02. The van der Waals surface area contributed by atoms with Gasteiger partial charge in [-0.15, -0.1) is 0 Å². The summed E-state index contributed by atoms with van der Waals surface area (Å²) in [6, 6.07) is 0. The van der Waals surface area contributed by atoms with Gasteiger partial charge in [0.25, 0.3) is 0 Å². The second-order valence-electron chi connectivity index (χ2n) is 3.80. The lowest BCUT2D eigenvalue weighted by molar-refractivity contribution is -0.144. The van der Waals surface area contributed by atoms with Crippen molar-refractivity contribution in [2.24, 2.45) is 0 Å². The normalized spacial score (nSPS) is 19.4. The van der Waals surface area contributed by atoms with Gasteiger partial charge in [0.1, 0.15) is 12.7 Å². The van der Waals surface area contributed by atoms with Crippen molar-refractivity contribution in [1.82, 2.24) is 0 Å². The lowest BCUT2D eigenvalue weighted by Crippen LogP contribution is -2.09. The van der Waals surface area contributed by atoms with Gasteiger partial charge in [0.05, 0.1) is 6.61 Å². The fourth-order valence-electron chi connectivity index (χ4n) is 1.30. The van der Waals surface area contributed by atoms with Crippen LogP contribution in [0.4, 0.5) is 0 Å². The highest BCUT2D eigenvalue weighted by Crippen LogP contribution is 2.10. The van der Waals surface area contributed by atoms with E-state index in [0.29, 0.717) is 13.0 Å². The first kappa shape index (κ1) is 11.5. The third kappa shape index (κ3) is 5.97. The minimum absolute atomic E-state index is 0.0722. The van der Waals surface area contributed by atoms with E-state index < -0.39 is 0 Å². The van der Waals surface area contributed by atoms with Crippen molar-refractivity contribution in [3.63, 3.8) is 0 Å². The van der Waals surface area contributed by atoms with Crippen molar-refractivity contribution >= 4 is 5.97 Å². The summed E-state index contributed by atoms with van der Waals surface area (Å²) in [5, 5.41) is 0. The molecule has 1 rings (SSSR count). The van der Waals surface area contributed by atoms with Gasteiger partial charge in [-0.05, 0) is 6.42 Å². The van der Waals surface area contributed by atoms with Gasteiger partial charge in [-0.25, -0.2) is 0 Å². The molecule has 3 nitrogen and oxygen atoms in total. The van der Waals surface area contributed by atoms with E-state index in [0.717, 1.165) is 19.4 Å². The highest BCUT2D eigenvalue weighted by atomic mass is 16.6. The maximum Gasteiger partial charge on any atom is 0.305 e. The molecule has 0 spiro atoms. The third-order valence-corrected chi connectivity index (χ3v) is 2.32. The van der Waals surface area contributed by atoms with Gasteiger partial charge in [-0.1, -0.05) is 32.6 Å². The quantitative estimate of drug-likeness (QED) is 0.343. The predicted octanol–water partition coefficient (Wildman–Crippen LogP) is 2.29. The Morgan fingerprint density at radius 1 is 1.36 bits per heavy atom. The van der Waals surface area contributed by atoms with Crippen molar-refractivity contribution in [3.05, 3.63) is 0 Å². The van der Waals surface area contributed by atoms with E-state index >= 15 is 0 Å². The van der Waals surface area contributed by atoms with E-state index in [1.54, 1.807) is 0 Å². The zero-order valence-electron chi connectivity index (χ0n) is 8.96. The Morgan fingerprint density at radius 2 is 2.07 bits per heavy atom. The first-order chi connectivity index (χ1) is 6.83. The smallest absolute Gasteiger partial charge is 0.305 e. The van der Waals surface area contributed by atoms with Crippen LogP contribution >= 0.6 is 0 Å². The summed E-state index contributed by atoms with van der Waals surface area (Å²) in [7, 11) is 0. The Morgan fingerprint density at radius 3 is 2.71 bits per heavy atom. The molecule has 1 aliphatic rings. The molecule has 0 N–H and O–H groups in total. The summed E-state index contributed by atoms with van der Waals surface area (Å²) in [6.45, 7) is 3.39. The molecule has 1 heterocycles. The monoisotopic (exact) mass is 200 g/mol. The van der Waals surface area contributed by atoms with Gasteiger partial charge >= 0.3 is 5.97 Å². The van der Waals surface area contributed by atoms with Gasteiger partial charge in [0, 0.05) is 6.42 Å². The van der Waals surface area contributed by atoms with Crippen LogP contribution in [0.25, 0.3) is 0 Å². The van der Waals surface area contributed by atoms with Crippen LogP contribution in [0, 0.1) is 0 Å². The molecule has 0 saturated carbocycles. The molecule has 1 aliphatic heterocycles. The molecule has 0 amide bonds. The Hall–Kier alpha value is -0.570. The van der Waals surface area contributed by atoms with Crippen molar-refractivity contribution in [3.8, 4) is 0 Å². The van der Waals surface area contributed by atoms with Crippen LogP contribution in [-0.4, -0.2) is 25.3 Å². The fraction of sp³-hybridized carbons (Fsp3) is 0.909. The second-order valence-corrected chi connectivity index (χ2v) is 3.80. The number of carbonyl (C=O) groups excluding carboxylic acids is 1. The van der Waals surface area contributed by atoms with E-state index in [1.807, 2.05) is 0 Å². The van der Waals surface area contributed by atoms with Crippen molar-refractivity contribution < 1.29 is 14.3 Å². The topological polar surface area (TPSA) is 38.8 Å². The molecule has 1 fully saturated rings. The molecule has 1 saturated heterocycles. The predicted molar refractivity (Wildman–Crippen MR) is 54.1 cm³/mol. The van der Waals surface area contributed by atoms with Crippen LogP contribution in [0.1, 0.15) is 45.4 Å². The number of hydrogen-bond acceptors (Lipinski definition) is 3. The van der Waals surface area contributed by atoms with E-state index in [-0.39, 0.29) is 12.1 Å². The van der Waals surface area contributed by atoms with Crippen LogP contribution < -0.4 is 0 Å². The molecule has 0 bridgehead atoms. The van der Waals surface area contributed by atoms with Gasteiger partial charge in [-0.3, -0.25) is 4.79 Å². The molecule has 0 aliphatic carbocycles. The Bertz CT molecular complexity index is 164. The molecule has 3 heteroatoms. The molecular weight excluding hydrogens is 180 g/mol. The molecule has 0 unspecified atom stereocenters. The minimum Gasteiger partial charge on any atom is -0.463 e. The molecular formula is C11H20O3. The first-order valence-corrected chi connectivity index (χ1v) is 5.60. The average molecular weight is 200 g/mol. The Balaban J connectivity index is 1.81. The van der Waals surface area contributed by atoms with E-state index in [1.165, 1.54) is 19.3 Å². The Kier molecular flexibility index (Phi) is 5.60. The number of epoxide rings is 1. The summed E-state index contributed by atoms with van der Waals surface area (Å²) < 4.78 is 9.95. The van der Waals surface area contributed by atoms with Crippen LogP contribution in [0.15, 0.2) is 0 Å². The first-order valence-electron chi connectivity index (χ1n) is 5.60. The van der Waals surface area contributed by atoms with Gasteiger partial charge in [0.15, 0.2) is 0 Å². The number of carbonyl (C=O) groups is 1. The Labute approximate surface area is 85.8 Å². The average Bonchev–Trinajstić information content (AvgIpc) is 2.98. The van der Waals surface area contributed by atoms with Crippen molar-refractivity contribution in [2.45, 2.75) is 51.6 Å². The summed E-state index contributed by atoms with van der Waals surface area (Å²) in [5.41, 5.74) is 0. The van der Waals surface area contributed by atoms with Crippen LogP contribution in [-0.2, 0) is 14.3 Å². The third-order valence-electron chi connectivity index (χ3n) is 2.32. The molecule has 1 atom stereocenters. The molecule has 0 aromatic heterocycles. The number of ether oxygens (including phenoxy) is 2. The maximum atomic E-state index is 11.1. The van der Waals surface area contributed by atoms with E-state index in [9.17, 15) is 4.79 Å². The van der Waals surface area contributed by atoms with Gasteiger partial charge < -0.3 is 9.47 Å².